The highest BCUT2D eigenvalue weighted by Crippen LogP contribution is 2.09. The lowest BCUT2D eigenvalue weighted by Crippen LogP contribution is -2.49. The van der Waals surface area contributed by atoms with Crippen LogP contribution in [0.2, 0.25) is 0 Å². The summed E-state index contributed by atoms with van der Waals surface area (Å²) in [6, 6.07) is 0.0216. The molecule has 15 heavy (non-hydrogen) atoms. The van der Waals surface area contributed by atoms with Crippen molar-refractivity contribution in [2.24, 2.45) is 0 Å². The Hall–Kier alpha value is 0.130. The van der Waals surface area contributed by atoms with E-state index in [1.54, 1.807) is 0 Å². The van der Waals surface area contributed by atoms with Crippen molar-refractivity contribution in [3.05, 3.63) is 0 Å². The van der Waals surface area contributed by atoms with Crippen molar-refractivity contribution in [2.75, 3.05) is 30.9 Å². The van der Waals surface area contributed by atoms with Gasteiger partial charge in [0.2, 0.25) is 5.91 Å². The Bertz CT molecular complexity index is 196. The zero-order valence-electron chi connectivity index (χ0n) is 9.41. The second kappa shape index (κ2) is 7.41. The highest BCUT2D eigenvalue weighted by Gasteiger charge is 2.20. The summed E-state index contributed by atoms with van der Waals surface area (Å²) < 4.78 is 0. The van der Waals surface area contributed by atoms with Gasteiger partial charge in [0.25, 0.3) is 0 Å². The molecule has 1 amide bonds. The molecule has 88 valence electrons. The van der Waals surface area contributed by atoms with Gasteiger partial charge in [0.1, 0.15) is 0 Å². The molecular weight excluding hydrogens is 228 g/mol. The molecule has 0 saturated carbocycles. The van der Waals surface area contributed by atoms with Crippen LogP contribution in [-0.4, -0.2) is 48.0 Å². The molecule has 1 aliphatic heterocycles. The van der Waals surface area contributed by atoms with Crippen LogP contribution in [-0.2, 0) is 4.79 Å². The molecule has 3 nitrogen and oxygen atoms in total. The number of hydrogen-bond acceptors (Lipinski definition) is 4. The Kier molecular flexibility index (Phi) is 6.52. The molecule has 0 radical (unpaired) electrons. The van der Waals surface area contributed by atoms with Crippen molar-refractivity contribution in [1.29, 1.82) is 0 Å². The number of carbonyl (C=O) groups is 1. The highest BCUT2D eigenvalue weighted by molar-refractivity contribution is 7.99. The number of hydrogen-bond donors (Lipinski definition) is 2. The van der Waals surface area contributed by atoms with Crippen LogP contribution in [0.1, 0.15) is 13.3 Å². The lowest BCUT2D eigenvalue weighted by molar-refractivity contribution is -0.122. The molecular formula is C10H20N2OS2. The molecule has 2 N–H and O–H groups in total. The third kappa shape index (κ3) is 5.13. The van der Waals surface area contributed by atoms with Crippen molar-refractivity contribution in [3.63, 3.8) is 0 Å². The van der Waals surface area contributed by atoms with E-state index in [-0.39, 0.29) is 11.9 Å². The maximum absolute atomic E-state index is 11.7. The third-order valence-corrected chi connectivity index (χ3v) is 4.59. The van der Waals surface area contributed by atoms with Gasteiger partial charge in [-0.2, -0.15) is 23.5 Å². The molecule has 2 atom stereocenters. The first-order valence-electron chi connectivity index (χ1n) is 5.35. The molecule has 0 aliphatic carbocycles. The average molecular weight is 248 g/mol. The van der Waals surface area contributed by atoms with Crippen LogP contribution in [0.5, 0.6) is 0 Å². The van der Waals surface area contributed by atoms with E-state index in [1.165, 1.54) is 0 Å². The molecule has 2 unspecified atom stereocenters. The zero-order valence-corrected chi connectivity index (χ0v) is 11.0. The Balaban J connectivity index is 2.12. The minimum absolute atomic E-state index is 0.0216. The third-order valence-electron chi connectivity index (χ3n) is 2.49. The molecule has 1 heterocycles. The fourth-order valence-corrected chi connectivity index (χ4v) is 2.66. The van der Waals surface area contributed by atoms with Crippen molar-refractivity contribution < 1.29 is 4.79 Å². The van der Waals surface area contributed by atoms with Crippen molar-refractivity contribution in [2.45, 2.75) is 24.6 Å². The summed E-state index contributed by atoms with van der Waals surface area (Å²) in [5, 5.41) is 6.85. The zero-order chi connectivity index (χ0) is 11.1. The van der Waals surface area contributed by atoms with Crippen LogP contribution >= 0.6 is 23.5 Å². The lowest BCUT2D eigenvalue weighted by atomic mass is 10.3. The van der Waals surface area contributed by atoms with Gasteiger partial charge in [-0.15, -0.1) is 0 Å². The second-order valence-electron chi connectivity index (χ2n) is 3.71. The van der Waals surface area contributed by atoms with Crippen LogP contribution in [0.15, 0.2) is 0 Å². The van der Waals surface area contributed by atoms with E-state index >= 15 is 0 Å². The molecule has 0 bridgehead atoms. The number of thioether (sulfide) groups is 2. The van der Waals surface area contributed by atoms with E-state index in [0.717, 1.165) is 31.0 Å². The molecule has 0 spiro atoms. The van der Waals surface area contributed by atoms with E-state index in [9.17, 15) is 4.79 Å². The molecule has 1 saturated heterocycles. The van der Waals surface area contributed by atoms with E-state index in [1.807, 2.05) is 23.5 Å². The monoisotopic (exact) mass is 248 g/mol. The second-order valence-corrected chi connectivity index (χ2v) is 6.13. The quantitative estimate of drug-likeness (QED) is 0.760. The van der Waals surface area contributed by atoms with E-state index in [2.05, 4.69) is 23.8 Å². The predicted molar refractivity (Wildman–Crippen MR) is 69.7 cm³/mol. The van der Waals surface area contributed by atoms with Crippen LogP contribution in [0, 0.1) is 0 Å². The molecule has 5 heteroatoms. The molecule has 0 aromatic carbocycles. The SMILES string of the molecule is CSC(C)CCNC(=O)C1CSCCN1. The van der Waals surface area contributed by atoms with Gasteiger partial charge in [0, 0.05) is 29.8 Å². The largest absolute Gasteiger partial charge is 0.355 e. The summed E-state index contributed by atoms with van der Waals surface area (Å²) in [6.07, 6.45) is 3.15. The minimum atomic E-state index is 0.0216. The number of amides is 1. The fourth-order valence-electron chi connectivity index (χ4n) is 1.37. The summed E-state index contributed by atoms with van der Waals surface area (Å²) in [4.78, 5) is 11.7. The van der Waals surface area contributed by atoms with Crippen LogP contribution < -0.4 is 10.6 Å². The maximum Gasteiger partial charge on any atom is 0.237 e. The maximum atomic E-state index is 11.7. The normalized spacial score (nSPS) is 23.5. The minimum Gasteiger partial charge on any atom is -0.355 e. The van der Waals surface area contributed by atoms with Crippen molar-refractivity contribution in [3.8, 4) is 0 Å². The first-order chi connectivity index (χ1) is 7.24. The topological polar surface area (TPSA) is 41.1 Å². The predicted octanol–water partition coefficient (Wildman–Crippen LogP) is 0.949. The fraction of sp³-hybridized carbons (Fsp3) is 0.900. The van der Waals surface area contributed by atoms with Crippen LogP contribution in [0.4, 0.5) is 0 Å². The van der Waals surface area contributed by atoms with Gasteiger partial charge < -0.3 is 10.6 Å². The molecule has 0 aromatic heterocycles. The Morgan fingerprint density at radius 2 is 2.53 bits per heavy atom. The summed E-state index contributed by atoms with van der Waals surface area (Å²) in [6.45, 7) is 3.93. The molecule has 1 fully saturated rings. The Morgan fingerprint density at radius 3 is 3.13 bits per heavy atom. The van der Waals surface area contributed by atoms with Gasteiger partial charge in [0.05, 0.1) is 6.04 Å². The van der Waals surface area contributed by atoms with Gasteiger partial charge in [0.15, 0.2) is 0 Å². The summed E-state index contributed by atoms with van der Waals surface area (Å²) in [7, 11) is 0. The van der Waals surface area contributed by atoms with E-state index < -0.39 is 0 Å². The Labute approximate surface area is 101 Å². The van der Waals surface area contributed by atoms with Gasteiger partial charge in [-0.3, -0.25) is 4.79 Å². The smallest absolute Gasteiger partial charge is 0.237 e. The standard InChI is InChI=1S/C10H20N2OS2/c1-8(14-2)3-4-12-10(13)9-7-15-6-5-11-9/h8-9,11H,3-7H2,1-2H3,(H,12,13). The van der Waals surface area contributed by atoms with E-state index in [0.29, 0.717) is 5.25 Å². The summed E-state index contributed by atoms with van der Waals surface area (Å²) in [5.41, 5.74) is 0. The average Bonchev–Trinajstić information content (AvgIpc) is 2.29. The molecule has 1 rings (SSSR count). The van der Waals surface area contributed by atoms with Gasteiger partial charge >= 0.3 is 0 Å². The van der Waals surface area contributed by atoms with Gasteiger partial charge in [-0.25, -0.2) is 0 Å². The first-order valence-corrected chi connectivity index (χ1v) is 7.80. The number of nitrogens with one attached hydrogen (secondary N) is 2. The molecule has 1 aliphatic rings. The number of carbonyl (C=O) groups excluding carboxylic acids is 1. The highest BCUT2D eigenvalue weighted by atomic mass is 32.2. The van der Waals surface area contributed by atoms with Crippen molar-refractivity contribution >= 4 is 29.4 Å². The first kappa shape index (κ1) is 13.2. The van der Waals surface area contributed by atoms with Crippen LogP contribution in [0.25, 0.3) is 0 Å². The number of rotatable bonds is 5. The van der Waals surface area contributed by atoms with Crippen LogP contribution in [0.3, 0.4) is 0 Å². The molecule has 0 aromatic rings. The van der Waals surface area contributed by atoms with Gasteiger partial charge in [-0.1, -0.05) is 6.92 Å². The van der Waals surface area contributed by atoms with Crippen molar-refractivity contribution in [1.82, 2.24) is 10.6 Å². The summed E-state index contributed by atoms with van der Waals surface area (Å²) in [5.74, 6) is 2.19. The van der Waals surface area contributed by atoms with Gasteiger partial charge in [-0.05, 0) is 12.7 Å². The summed E-state index contributed by atoms with van der Waals surface area (Å²) >= 11 is 3.69. The lowest BCUT2D eigenvalue weighted by Gasteiger charge is -2.22. The van der Waals surface area contributed by atoms with E-state index in [4.69, 9.17) is 0 Å². The Morgan fingerprint density at radius 1 is 1.73 bits per heavy atom.